The van der Waals surface area contributed by atoms with Gasteiger partial charge in [0.1, 0.15) is 0 Å². The topological polar surface area (TPSA) is 46.2 Å². The third-order valence-corrected chi connectivity index (χ3v) is 5.41. The molecule has 2 rings (SSSR count). The summed E-state index contributed by atoms with van der Waals surface area (Å²) in [6, 6.07) is 16.6. The number of nitrogens with one attached hydrogen (secondary N) is 1. The van der Waals surface area contributed by atoms with Crippen molar-refractivity contribution in [3.63, 3.8) is 0 Å². The summed E-state index contributed by atoms with van der Waals surface area (Å²) < 4.78 is 28.0. The van der Waals surface area contributed by atoms with Crippen molar-refractivity contribution in [2.45, 2.75) is 44.0 Å². The number of rotatable bonds is 5. The molecule has 0 aliphatic rings. The first kappa shape index (κ1) is 16.7. The molecule has 0 fully saturated rings. The molecule has 3 nitrogen and oxygen atoms in total. The Morgan fingerprint density at radius 2 is 1.45 bits per heavy atom. The van der Waals surface area contributed by atoms with E-state index in [-0.39, 0.29) is 0 Å². The summed E-state index contributed by atoms with van der Waals surface area (Å²) in [5, 5.41) is 0. The minimum atomic E-state index is -3.56. The minimum Gasteiger partial charge on any atom is -0.207 e. The molecule has 0 unspecified atom stereocenters. The zero-order valence-corrected chi connectivity index (χ0v) is 14.3. The Hall–Kier alpha value is -1.65. The second-order valence-corrected chi connectivity index (χ2v) is 8.00. The van der Waals surface area contributed by atoms with Crippen molar-refractivity contribution in [2.75, 3.05) is 0 Å². The quantitative estimate of drug-likeness (QED) is 0.905. The maximum atomic E-state index is 12.6. The van der Waals surface area contributed by atoms with Crippen LogP contribution >= 0.6 is 0 Å². The van der Waals surface area contributed by atoms with E-state index in [4.69, 9.17) is 0 Å². The largest absolute Gasteiger partial charge is 0.241 e. The third-order valence-electron chi connectivity index (χ3n) is 3.74. The fourth-order valence-electron chi connectivity index (χ4n) is 2.34. The molecule has 0 spiro atoms. The number of hydrogen-bond donors (Lipinski definition) is 1. The van der Waals surface area contributed by atoms with Crippen LogP contribution in [0.4, 0.5) is 0 Å². The number of hydrogen-bond acceptors (Lipinski definition) is 2. The second kappa shape index (κ2) is 6.23. The number of sulfonamides is 1. The summed E-state index contributed by atoms with van der Waals surface area (Å²) >= 11 is 0. The van der Waals surface area contributed by atoms with Gasteiger partial charge in [0.05, 0.1) is 10.4 Å². The van der Waals surface area contributed by atoms with Gasteiger partial charge in [0.25, 0.3) is 0 Å². The molecule has 0 amide bonds. The molecule has 0 aromatic heterocycles. The third kappa shape index (κ3) is 3.76. The smallest absolute Gasteiger partial charge is 0.207 e. The van der Waals surface area contributed by atoms with Crippen molar-refractivity contribution in [3.05, 3.63) is 65.7 Å². The fourth-order valence-corrected chi connectivity index (χ4v) is 3.74. The molecule has 0 heterocycles. The molecule has 2 aromatic rings. The Morgan fingerprint density at radius 3 is 1.95 bits per heavy atom. The van der Waals surface area contributed by atoms with Crippen LogP contribution in [0.15, 0.2) is 59.5 Å². The highest BCUT2D eigenvalue weighted by Crippen LogP contribution is 2.24. The summed E-state index contributed by atoms with van der Waals surface area (Å²) in [6.07, 6.45) is 0. The normalized spacial score (nSPS) is 12.6. The van der Waals surface area contributed by atoms with Gasteiger partial charge in [0.15, 0.2) is 0 Å². The number of benzene rings is 2. The van der Waals surface area contributed by atoms with Gasteiger partial charge in [-0.1, -0.05) is 56.3 Å². The summed E-state index contributed by atoms with van der Waals surface area (Å²) in [5.74, 6) is 0.380. The van der Waals surface area contributed by atoms with E-state index in [1.165, 1.54) is 0 Å². The molecule has 0 saturated carbocycles. The average Bonchev–Trinajstić information content (AvgIpc) is 2.47. The van der Waals surface area contributed by atoms with Gasteiger partial charge >= 0.3 is 0 Å². The van der Waals surface area contributed by atoms with Crippen LogP contribution in [0.3, 0.4) is 0 Å². The Labute approximate surface area is 133 Å². The zero-order chi connectivity index (χ0) is 16.4. The molecular weight excluding hydrogens is 294 g/mol. The first-order valence-electron chi connectivity index (χ1n) is 7.42. The van der Waals surface area contributed by atoms with Crippen molar-refractivity contribution >= 4 is 10.0 Å². The van der Waals surface area contributed by atoms with E-state index in [0.717, 1.165) is 11.1 Å². The van der Waals surface area contributed by atoms with Crippen molar-refractivity contribution < 1.29 is 8.42 Å². The van der Waals surface area contributed by atoms with Gasteiger partial charge in [-0.15, -0.1) is 0 Å². The Morgan fingerprint density at radius 1 is 0.909 bits per heavy atom. The lowest BCUT2D eigenvalue weighted by atomic mass is 9.96. The summed E-state index contributed by atoms with van der Waals surface area (Å²) in [5.41, 5.74) is 1.38. The van der Waals surface area contributed by atoms with E-state index in [9.17, 15) is 8.42 Å². The van der Waals surface area contributed by atoms with E-state index < -0.39 is 15.6 Å². The van der Waals surface area contributed by atoms with Crippen LogP contribution in [0, 0.1) is 0 Å². The van der Waals surface area contributed by atoms with Crippen LogP contribution in [0.25, 0.3) is 0 Å². The first-order chi connectivity index (χ1) is 10.2. The maximum absolute atomic E-state index is 12.6. The van der Waals surface area contributed by atoms with E-state index in [1.54, 1.807) is 12.1 Å². The van der Waals surface area contributed by atoms with E-state index in [0.29, 0.717) is 10.8 Å². The zero-order valence-electron chi connectivity index (χ0n) is 13.5. The molecular formula is C18H23NO2S. The van der Waals surface area contributed by atoms with Crippen LogP contribution in [0.1, 0.15) is 44.7 Å². The SMILES string of the molecule is CC(C)c1ccc(S(=O)(=O)NC(C)(C)c2ccccc2)cc1. The minimum absolute atomic E-state index is 0.293. The van der Waals surface area contributed by atoms with Crippen LogP contribution < -0.4 is 4.72 Å². The standard InChI is InChI=1S/C18H23NO2S/c1-14(2)15-10-12-17(13-11-15)22(20,21)19-18(3,4)16-8-6-5-7-9-16/h5-14,19H,1-4H3. The molecule has 0 atom stereocenters. The molecule has 2 aromatic carbocycles. The fraction of sp³-hybridized carbons (Fsp3) is 0.333. The van der Waals surface area contributed by atoms with Crippen LogP contribution in [0.5, 0.6) is 0 Å². The lowest BCUT2D eigenvalue weighted by molar-refractivity contribution is 0.472. The van der Waals surface area contributed by atoms with Crippen LogP contribution in [-0.4, -0.2) is 8.42 Å². The summed E-state index contributed by atoms with van der Waals surface area (Å²) in [6.45, 7) is 7.89. The van der Waals surface area contributed by atoms with Crippen molar-refractivity contribution in [3.8, 4) is 0 Å². The first-order valence-corrected chi connectivity index (χ1v) is 8.90. The molecule has 4 heteroatoms. The maximum Gasteiger partial charge on any atom is 0.241 e. The molecule has 0 aliphatic heterocycles. The van der Waals surface area contributed by atoms with Gasteiger partial charge in [0.2, 0.25) is 10.0 Å². The highest BCUT2D eigenvalue weighted by atomic mass is 32.2. The van der Waals surface area contributed by atoms with E-state index >= 15 is 0 Å². The average molecular weight is 317 g/mol. The molecule has 0 saturated heterocycles. The summed E-state index contributed by atoms with van der Waals surface area (Å²) in [4.78, 5) is 0.293. The Bertz CT molecular complexity index is 717. The van der Waals surface area contributed by atoms with Gasteiger partial charge in [-0.05, 0) is 43.0 Å². The molecule has 0 aliphatic carbocycles. The van der Waals surface area contributed by atoms with Gasteiger partial charge in [-0.3, -0.25) is 0 Å². The molecule has 0 radical (unpaired) electrons. The van der Waals surface area contributed by atoms with Crippen molar-refractivity contribution in [2.24, 2.45) is 0 Å². The highest BCUT2D eigenvalue weighted by Gasteiger charge is 2.27. The lowest BCUT2D eigenvalue weighted by Crippen LogP contribution is -2.40. The molecule has 22 heavy (non-hydrogen) atoms. The van der Waals surface area contributed by atoms with Gasteiger partial charge in [-0.2, -0.15) is 0 Å². The van der Waals surface area contributed by atoms with Crippen LogP contribution in [0.2, 0.25) is 0 Å². The monoisotopic (exact) mass is 317 g/mol. The predicted molar refractivity (Wildman–Crippen MR) is 90.3 cm³/mol. The second-order valence-electron chi connectivity index (χ2n) is 6.32. The molecule has 118 valence electrons. The molecule has 0 bridgehead atoms. The Balaban J connectivity index is 2.27. The van der Waals surface area contributed by atoms with Gasteiger partial charge < -0.3 is 0 Å². The predicted octanol–water partition coefficient (Wildman–Crippen LogP) is 4.02. The van der Waals surface area contributed by atoms with Gasteiger partial charge in [-0.25, -0.2) is 13.1 Å². The van der Waals surface area contributed by atoms with Crippen LogP contribution in [-0.2, 0) is 15.6 Å². The Kier molecular flexibility index (Phi) is 4.73. The van der Waals surface area contributed by atoms with E-state index in [1.807, 2.05) is 56.3 Å². The van der Waals surface area contributed by atoms with E-state index in [2.05, 4.69) is 18.6 Å². The van der Waals surface area contributed by atoms with Gasteiger partial charge in [0, 0.05) is 0 Å². The lowest BCUT2D eigenvalue weighted by Gasteiger charge is -2.26. The summed E-state index contributed by atoms with van der Waals surface area (Å²) in [7, 11) is -3.56. The highest BCUT2D eigenvalue weighted by molar-refractivity contribution is 7.89. The molecule has 1 N–H and O–H groups in total. The van der Waals surface area contributed by atoms with Crippen molar-refractivity contribution in [1.29, 1.82) is 0 Å². The van der Waals surface area contributed by atoms with Crippen molar-refractivity contribution in [1.82, 2.24) is 4.72 Å².